The first-order valence-corrected chi connectivity index (χ1v) is 8.52. The van der Waals surface area contributed by atoms with Gasteiger partial charge in [0, 0.05) is 19.1 Å². The smallest absolute Gasteiger partial charge is 0.0424 e. The molecule has 0 aromatic heterocycles. The molecule has 0 saturated carbocycles. The van der Waals surface area contributed by atoms with Gasteiger partial charge in [0.05, 0.1) is 0 Å². The van der Waals surface area contributed by atoms with Crippen molar-refractivity contribution in [1.82, 2.24) is 4.90 Å². The molecular formula is C19H32N2. The molecule has 0 radical (unpaired) electrons. The van der Waals surface area contributed by atoms with Gasteiger partial charge in [-0.15, -0.1) is 0 Å². The molecule has 1 fully saturated rings. The highest BCUT2D eigenvalue weighted by Crippen LogP contribution is 2.25. The summed E-state index contributed by atoms with van der Waals surface area (Å²) in [6.45, 7) is 12.6. The maximum absolute atomic E-state index is 6.41. The quantitative estimate of drug-likeness (QED) is 0.861. The lowest BCUT2D eigenvalue weighted by Gasteiger charge is -2.22. The summed E-state index contributed by atoms with van der Waals surface area (Å²) in [7, 11) is 0. The van der Waals surface area contributed by atoms with Crippen LogP contribution in [0.15, 0.2) is 24.3 Å². The first kappa shape index (κ1) is 16.5. The van der Waals surface area contributed by atoms with Crippen LogP contribution < -0.4 is 5.73 Å². The van der Waals surface area contributed by atoms with E-state index in [4.69, 9.17) is 5.73 Å². The van der Waals surface area contributed by atoms with Gasteiger partial charge in [0.25, 0.3) is 0 Å². The number of rotatable bonds is 6. The molecule has 1 aliphatic heterocycles. The van der Waals surface area contributed by atoms with Crippen LogP contribution in [0, 0.1) is 17.8 Å². The second-order valence-electron chi connectivity index (χ2n) is 7.50. The van der Waals surface area contributed by atoms with E-state index in [9.17, 15) is 0 Å². The molecule has 1 saturated heterocycles. The highest BCUT2D eigenvalue weighted by atomic mass is 15.2. The van der Waals surface area contributed by atoms with Crippen molar-refractivity contribution in [3.8, 4) is 0 Å². The topological polar surface area (TPSA) is 29.3 Å². The van der Waals surface area contributed by atoms with E-state index in [1.165, 1.54) is 30.6 Å². The molecule has 21 heavy (non-hydrogen) atoms. The number of likely N-dealkylation sites (tertiary alicyclic amines) is 1. The van der Waals surface area contributed by atoms with E-state index in [2.05, 4.69) is 56.9 Å². The molecule has 2 nitrogen and oxygen atoms in total. The van der Waals surface area contributed by atoms with Crippen LogP contribution in [0.5, 0.6) is 0 Å². The normalized spacial score (nSPS) is 21.4. The van der Waals surface area contributed by atoms with Crippen LogP contribution in [-0.2, 0) is 6.42 Å². The van der Waals surface area contributed by atoms with Gasteiger partial charge in [0.15, 0.2) is 0 Å². The van der Waals surface area contributed by atoms with E-state index in [1.54, 1.807) is 0 Å². The molecule has 0 amide bonds. The Morgan fingerprint density at radius 3 is 2.33 bits per heavy atom. The molecule has 2 rings (SSSR count). The number of hydrogen-bond acceptors (Lipinski definition) is 2. The first-order valence-electron chi connectivity index (χ1n) is 8.52. The van der Waals surface area contributed by atoms with Gasteiger partial charge in [-0.05, 0) is 48.3 Å². The third-order valence-corrected chi connectivity index (χ3v) is 4.76. The largest absolute Gasteiger partial charge is 0.323 e. The zero-order valence-corrected chi connectivity index (χ0v) is 14.2. The average molecular weight is 288 g/mol. The van der Waals surface area contributed by atoms with Crippen LogP contribution in [-0.4, -0.2) is 24.5 Å². The summed E-state index contributed by atoms with van der Waals surface area (Å²) < 4.78 is 0. The lowest BCUT2D eigenvalue weighted by atomic mass is 9.95. The monoisotopic (exact) mass is 288 g/mol. The van der Waals surface area contributed by atoms with Crippen LogP contribution in [0.25, 0.3) is 0 Å². The number of benzene rings is 1. The molecule has 1 aliphatic rings. The zero-order chi connectivity index (χ0) is 15.4. The fraction of sp³-hybridized carbons (Fsp3) is 0.684. The third kappa shape index (κ3) is 4.82. The van der Waals surface area contributed by atoms with Crippen LogP contribution in [0.3, 0.4) is 0 Å². The summed E-state index contributed by atoms with van der Waals surface area (Å²) in [5.41, 5.74) is 9.10. The van der Waals surface area contributed by atoms with Crippen molar-refractivity contribution in [2.75, 3.05) is 19.6 Å². The van der Waals surface area contributed by atoms with E-state index < -0.39 is 0 Å². The summed E-state index contributed by atoms with van der Waals surface area (Å²) in [6.07, 6.45) is 2.48. The fourth-order valence-corrected chi connectivity index (χ4v) is 3.33. The Balaban J connectivity index is 1.87. The van der Waals surface area contributed by atoms with E-state index in [0.717, 1.165) is 24.8 Å². The Morgan fingerprint density at radius 1 is 1.14 bits per heavy atom. The first-order chi connectivity index (χ1) is 9.95. The molecule has 2 heteroatoms. The number of hydrogen-bond donors (Lipinski definition) is 1. The van der Waals surface area contributed by atoms with Gasteiger partial charge in [0.2, 0.25) is 0 Å². The Kier molecular flexibility index (Phi) is 5.83. The van der Waals surface area contributed by atoms with Gasteiger partial charge >= 0.3 is 0 Å². The molecule has 1 heterocycles. The van der Waals surface area contributed by atoms with Gasteiger partial charge in [-0.1, -0.05) is 52.0 Å². The highest BCUT2D eigenvalue weighted by molar-refractivity contribution is 5.25. The lowest BCUT2D eigenvalue weighted by molar-refractivity contribution is 0.287. The highest BCUT2D eigenvalue weighted by Gasteiger charge is 2.25. The number of nitrogens with zero attached hydrogens (tertiary/aromatic N) is 1. The molecule has 0 aliphatic carbocycles. The van der Waals surface area contributed by atoms with Crippen molar-refractivity contribution in [3.05, 3.63) is 35.4 Å². The minimum absolute atomic E-state index is 0.143. The van der Waals surface area contributed by atoms with Crippen molar-refractivity contribution < 1.29 is 0 Å². The standard InChI is InChI=1S/C19H32N2/c1-14(2)11-16-5-7-17(8-6-16)19(20)13-21-10-9-18(12-21)15(3)4/h5-8,14-15,18-19H,9-13,20H2,1-4H3. The van der Waals surface area contributed by atoms with Crippen molar-refractivity contribution in [1.29, 1.82) is 0 Å². The van der Waals surface area contributed by atoms with Gasteiger partial charge < -0.3 is 10.6 Å². The molecule has 118 valence electrons. The van der Waals surface area contributed by atoms with E-state index in [-0.39, 0.29) is 6.04 Å². The second kappa shape index (κ2) is 7.42. The summed E-state index contributed by atoms with van der Waals surface area (Å²) >= 11 is 0. The molecule has 2 unspecified atom stereocenters. The SMILES string of the molecule is CC(C)Cc1ccc(C(N)CN2CCC(C(C)C)C2)cc1. The number of nitrogens with two attached hydrogens (primary N) is 1. The van der Waals surface area contributed by atoms with Gasteiger partial charge in [-0.3, -0.25) is 0 Å². The van der Waals surface area contributed by atoms with Gasteiger partial charge in [-0.2, -0.15) is 0 Å². The maximum Gasteiger partial charge on any atom is 0.0424 e. The summed E-state index contributed by atoms with van der Waals surface area (Å²) in [5.74, 6) is 2.36. The predicted molar refractivity (Wildman–Crippen MR) is 91.3 cm³/mol. The second-order valence-corrected chi connectivity index (χ2v) is 7.50. The molecular weight excluding hydrogens is 256 g/mol. The van der Waals surface area contributed by atoms with E-state index >= 15 is 0 Å². The van der Waals surface area contributed by atoms with Crippen molar-refractivity contribution in [2.45, 2.75) is 46.6 Å². The summed E-state index contributed by atoms with van der Waals surface area (Å²) in [6, 6.07) is 9.08. The van der Waals surface area contributed by atoms with Crippen molar-refractivity contribution >= 4 is 0 Å². The fourth-order valence-electron chi connectivity index (χ4n) is 3.33. The Bertz CT molecular complexity index is 422. The summed E-state index contributed by atoms with van der Waals surface area (Å²) in [4.78, 5) is 2.54. The molecule has 0 spiro atoms. The van der Waals surface area contributed by atoms with Crippen LogP contribution >= 0.6 is 0 Å². The van der Waals surface area contributed by atoms with Crippen molar-refractivity contribution in [3.63, 3.8) is 0 Å². The molecule has 2 atom stereocenters. The Labute approximate surface area is 130 Å². The van der Waals surface area contributed by atoms with E-state index in [0.29, 0.717) is 5.92 Å². The maximum atomic E-state index is 6.41. The zero-order valence-electron chi connectivity index (χ0n) is 14.2. The van der Waals surface area contributed by atoms with Crippen molar-refractivity contribution in [2.24, 2.45) is 23.5 Å². The molecule has 2 N–H and O–H groups in total. The minimum atomic E-state index is 0.143. The third-order valence-electron chi connectivity index (χ3n) is 4.76. The lowest BCUT2D eigenvalue weighted by Crippen LogP contribution is -2.31. The van der Waals surface area contributed by atoms with Crippen LogP contribution in [0.2, 0.25) is 0 Å². The molecule has 1 aromatic rings. The van der Waals surface area contributed by atoms with Crippen LogP contribution in [0.4, 0.5) is 0 Å². The molecule has 0 bridgehead atoms. The molecule has 1 aromatic carbocycles. The average Bonchev–Trinajstić information content (AvgIpc) is 2.87. The van der Waals surface area contributed by atoms with Crippen LogP contribution in [0.1, 0.15) is 51.3 Å². The summed E-state index contributed by atoms with van der Waals surface area (Å²) in [5, 5.41) is 0. The minimum Gasteiger partial charge on any atom is -0.323 e. The van der Waals surface area contributed by atoms with Gasteiger partial charge in [-0.25, -0.2) is 0 Å². The Hall–Kier alpha value is -0.860. The predicted octanol–water partition coefficient (Wildman–Crippen LogP) is 3.86. The van der Waals surface area contributed by atoms with E-state index in [1.807, 2.05) is 0 Å². The Morgan fingerprint density at radius 2 is 1.81 bits per heavy atom. The van der Waals surface area contributed by atoms with Gasteiger partial charge in [0.1, 0.15) is 0 Å².